The lowest BCUT2D eigenvalue weighted by molar-refractivity contribution is 0.597. The van der Waals surface area contributed by atoms with Crippen molar-refractivity contribution in [2.75, 3.05) is 16.4 Å². The molecule has 1 aromatic heterocycles. The van der Waals surface area contributed by atoms with Crippen LogP contribution in [0.5, 0.6) is 0 Å². The van der Waals surface area contributed by atoms with Crippen molar-refractivity contribution >= 4 is 39.2 Å². The lowest BCUT2D eigenvalue weighted by atomic mass is 10.4. The molecule has 0 aliphatic heterocycles. The van der Waals surface area contributed by atoms with E-state index in [0.717, 1.165) is 0 Å². The number of aromatic nitrogens is 2. The Bertz CT molecular complexity index is 459. The van der Waals surface area contributed by atoms with Gasteiger partial charge in [-0.25, -0.2) is 18.4 Å². The first kappa shape index (κ1) is 14.5. The van der Waals surface area contributed by atoms with E-state index in [4.69, 9.17) is 23.2 Å². The van der Waals surface area contributed by atoms with Crippen LogP contribution in [0.2, 0.25) is 5.15 Å². The summed E-state index contributed by atoms with van der Waals surface area (Å²) in [5.74, 6) is 0.442. The monoisotopic (exact) mass is 297 g/mol. The van der Waals surface area contributed by atoms with Crippen molar-refractivity contribution in [2.24, 2.45) is 0 Å². The van der Waals surface area contributed by atoms with Crippen LogP contribution in [0, 0.1) is 6.92 Å². The molecule has 0 aliphatic carbocycles. The van der Waals surface area contributed by atoms with E-state index in [1.807, 2.05) is 0 Å². The Morgan fingerprint density at radius 3 is 2.65 bits per heavy atom. The number of rotatable bonds is 6. The molecule has 1 rings (SSSR count). The summed E-state index contributed by atoms with van der Waals surface area (Å²) < 4.78 is 25.5. The molecule has 1 heterocycles. The number of nitrogens with one attached hydrogen (secondary N) is 1. The molecule has 0 spiro atoms. The Kier molecular flexibility index (Phi) is 5.42. The van der Waals surface area contributed by atoms with Crippen molar-refractivity contribution < 1.29 is 8.42 Å². The van der Waals surface area contributed by atoms with Crippen molar-refractivity contribution in [2.45, 2.75) is 19.8 Å². The van der Waals surface area contributed by atoms with Gasteiger partial charge >= 0.3 is 0 Å². The van der Waals surface area contributed by atoms with E-state index >= 15 is 0 Å². The molecule has 0 fully saturated rings. The largest absolute Gasteiger partial charge is 0.251 e. The van der Waals surface area contributed by atoms with Gasteiger partial charge in [0.1, 0.15) is 5.15 Å². The molecule has 0 unspecified atom stereocenters. The molecule has 0 bridgehead atoms. The highest BCUT2D eigenvalue weighted by atomic mass is 35.5. The second-order valence-corrected chi connectivity index (χ2v) is 6.08. The van der Waals surface area contributed by atoms with E-state index in [9.17, 15) is 8.42 Å². The predicted octanol–water partition coefficient (Wildman–Crippen LogP) is 2.20. The zero-order chi connectivity index (χ0) is 12.9. The molecule has 8 heteroatoms. The third-order valence-electron chi connectivity index (χ3n) is 1.87. The molecule has 5 nitrogen and oxygen atoms in total. The quantitative estimate of drug-likeness (QED) is 0.496. The van der Waals surface area contributed by atoms with Gasteiger partial charge in [0.05, 0.1) is 5.75 Å². The van der Waals surface area contributed by atoms with Gasteiger partial charge in [0, 0.05) is 11.6 Å². The minimum Gasteiger partial charge on any atom is -0.251 e. The van der Waals surface area contributed by atoms with Crippen LogP contribution in [0.15, 0.2) is 6.07 Å². The highest BCUT2D eigenvalue weighted by Crippen LogP contribution is 2.11. The van der Waals surface area contributed by atoms with Crippen LogP contribution in [0.4, 0.5) is 5.95 Å². The van der Waals surface area contributed by atoms with Gasteiger partial charge in [-0.15, -0.1) is 11.6 Å². The normalized spacial score (nSPS) is 11.5. The number of aryl methyl sites for hydroxylation is 1. The second kappa shape index (κ2) is 6.37. The molecule has 0 amide bonds. The van der Waals surface area contributed by atoms with E-state index in [1.165, 1.54) is 0 Å². The lowest BCUT2D eigenvalue weighted by Gasteiger charge is -2.06. The van der Waals surface area contributed by atoms with Gasteiger partial charge in [-0.2, -0.15) is 0 Å². The Balaban J connectivity index is 2.69. The van der Waals surface area contributed by atoms with Crippen LogP contribution in [-0.4, -0.2) is 30.0 Å². The van der Waals surface area contributed by atoms with Crippen molar-refractivity contribution in [3.63, 3.8) is 0 Å². The molecule has 0 saturated carbocycles. The van der Waals surface area contributed by atoms with Crippen LogP contribution in [0.25, 0.3) is 0 Å². The van der Waals surface area contributed by atoms with Crippen LogP contribution in [-0.2, 0) is 10.0 Å². The van der Waals surface area contributed by atoms with E-state index < -0.39 is 10.0 Å². The van der Waals surface area contributed by atoms with Gasteiger partial charge in [0.15, 0.2) is 0 Å². The number of nitrogens with zero attached hydrogens (tertiary/aromatic N) is 2. The second-order valence-electron chi connectivity index (χ2n) is 3.47. The first-order valence-electron chi connectivity index (χ1n) is 5.00. The van der Waals surface area contributed by atoms with Crippen molar-refractivity contribution in [3.8, 4) is 0 Å². The standard InChI is InChI=1S/C9H13Cl2N3O2S/c1-7-6-8(11)13-9(12-7)14-17(15,16)5-3-2-4-10/h6H,2-5H2,1H3,(H,12,13,14). The van der Waals surface area contributed by atoms with Gasteiger partial charge in [-0.3, -0.25) is 4.72 Å². The maximum Gasteiger partial charge on any atom is 0.238 e. The lowest BCUT2D eigenvalue weighted by Crippen LogP contribution is -2.18. The summed E-state index contributed by atoms with van der Waals surface area (Å²) in [5.41, 5.74) is 0.600. The fourth-order valence-electron chi connectivity index (χ4n) is 1.15. The van der Waals surface area contributed by atoms with Crippen molar-refractivity contribution in [3.05, 3.63) is 16.9 Å². The Labute approximate surface area is 111 Å². The van der Waals surface area contributed by atoms with Crippen molar-refractivity contribution in [1.82, 2.24) is 9.97 Å². The van der Waals surface area contributed by atoms with Crippen LogP contribution >= 0.6 is 23.2 Å². The van der Waals surface area contributed by atoms with E-state index in [2.05, 4.69) is 14.7 Å². The number of unbranched alkanes of at least 4 members (excludes halogenated alkanes) is 1. The molecule has 0 atom stereocenters. The minimum atomic E-state index is -3.43. The number of hydrogen-bond acceptors (Lipinski definition) is 4. The topological polar surface area (TPSA) is 72.0 Å². The van der Waals surface area contributed by atoms with Gasteiger partial charge in [-0.05, 0) is 25.8 Å². The van der Waals surface area contributed by atoms with Gasteiger partial charge < -0.3 is 0 Å². The number of anilines is 1. The molecule has 96 valence electrons. The average Bonchev–Trinajstić information content (AvgIpc) is 2.14. The maximum atomic E-state index is 11.6. The minimum absolute atomic E-state index is 0.000809. The van der Waals surface area contributed by atoms with Gasteiger partial charge in [-0.1, -0.05) is 11.6 Å². The summed E-state index contributed by atoms with van der Waals surface area (Å²) in [6.07, 6.45) is 1.15. The fourth-order valence-corrected chi connectivity index (χ4v) is 2.64. The molecule has 1 N–H and O–H groups in total. The molecule has 17 heavy (non-hydrogen) atoms. The number of sulfonamides is 1. The first-order chi connectivity index (χ1) is 7.93. The Hall–Kier alpha value is -0.590. The molecular formula is C9H13Cl2N3O2S. The van der Waals surface area contributed by atoms with Crippen LogP contribution < -0.4 is 4.72 Å². The summed E-state index contributed by atoms with van der Waals surface area (Å²) >= 11 is 11.2. The van der Waals surface area contributed by atoms with E-state index in [-0.39, 0.29) is 16.9 Å². The summed E-state index contributed by atoms with van der Waals surface area (Å²) in [5, 5.41) is 0.205. The molecule has 1 aromatic rings. The van der Waals surface area contributed by atoms with Gasteiger partial charge in [0.25, 0.3) is 0 Å². The van der Waals surface area contributed by atoms with Crippen molar-refractivity contribution in [1.29, 1.82) is 0 Å². The molecule has 0 radical (unpaired) electrons. The number of alkyl halides is 1. The summed E-state index contributed by atoms with van der Waals surface area (Å²) in [6.45, 7) is 1.71. The molecule has 0 aliphatic rings. The highest BCUT2D eigenvalue weighted by Gasteiger charge is 2.12. The third-order valence-corrected chi connectivity index (χ3v) is 3.65. The summed E-state index contributed by atoms with van der Waals surface area (Å²) in [7, 11) is -3.43. The average molecular weight is 298 g/mol. The van der Waals surface area contributed by atoms with E-state index in [1.54, 1.807) is 13.0 Å². The Morgan fingerprint density at radius 1 is 1.35 bits per heavy atom. The molecular weight excluding hydrogens is 285 g/mol. The van der Waals surface area contributed by atoms with E-state index in [0.29, 0.717) is 24.4 Å². The third kappa shape index (κ3) is 5.52. The predicted molar refractivity (Wildman–Crippen MR) is 69.1 cm³/mol. The SMILES string of the molecule is Cc1cc(Cl)nc(NS(=O)(=O)CCCCCl)n1. The smallest absolute Gasteiger partial charge is 0.238 e. The zero-order valence-corrected chi connectivity index (χ0v) is 11.6. The number of halogens is 2. The Morgan fingerprint density at radius 2 is 2.06 bits per heavy atom. The summed E-state index contributed by atoms with van der Waals surface area (Å²) in [6, 6.07) is 1.55. The first-order valence-corrected chi connectivity index (χ1v) is 7.57. The highest BCUT2D eigenvalue weighted by molar-refractivity contribution is 7.92. The van der Waals surface area contributed by atoms with Crippen LogP contribution in [0.3, 0.4) is 0 Å². The molecule has 0 aromatic carbocycles. The van der Waals surface area contributed by atoms with Crippen LogP contribution in [0.1, 0.15) is 18.5 Å². The van der Waals surface area contributed by atoms with Gasteiger partial charge in [0.2, 0.25) is 16.0 Å². The number of hydrogen-bond donors (Lipinski definition) is 1. The summed E-state index contributed by atoms with van der Waals surface area (Å²) in [4.78, 5) is 7.72. The maximum absolute atomic E-state index is 11.6. The molecule has 0 saturated heterocycles. The fraction of sp³-hybridized carbons (Fsp3) is 0.556. The zero-order valence-electron chi connectivity index (χ0n) is 9.28.